The Morgan fingerprint density at radius 3 is 1.50 bits per heavy atom. The van der Waals surface area contributed by atoms with Crippen molar-refractivity contribution in [3.05, 3.63) is 71.8 Å². The first-order valence-corrected chi connectivity index (χ1v) is 14.6. The maximum Gasteiger partial charge on any atom is 1.00 e. The molecule has 0 spiro atoms. The fraction of sp³-hybridized carbons (Fsp3) is 0.586. The van der Waals surface area contributed by atoms with E-state index in [1.807, 2.05) is 90.1 Å². The Kier molecular flexibility index (Phi) is 42.2. The van der Waals surface area contributed by atoms with Gasteiger partial charge in [-0.2, -0.15) is 10.5 Å². The van der Waals surface area contributed by atoms with Crippen LogP contribution in [0, 0.1) is 0 Å². The van der Waals surface area contributed by atoms with Gasteiger partial charge in [0.1, 0.15) is 0 Å². The van der Waals surface area contributed by atoms with Crippen LogP contribution in [0.5, 0.6) is 0 Å². The minimum absolute atomic E-state index is 0. The van der Waals surface area contributed by atoms with Crippen molar-refractivity contribution in [1.82, 2.24) is 10.5 Å². The van der Waals surface area contributed by atoms with E-state index in [1.165, 1.54) is 11.1 Å². The largest absolute Gasteiger partial charge is 1.00 e. The standard InChI is InChI=1S/C11H16NO2P.C9H12NO2P.2C4H10O.CH4.Na.H/c1-3-12(14-15-13)10(2)9-11-7-5-4-6-8-11;1-8(10-12-13-11)7-9-5-3-2-4-6-9;2*1-3-5-4-2;;;/h4-8,10H,3,9H2,1-2H3;2-6,8,10H,7H2,1H3;2*3-4H2,1-2H3;1H4;;/q;;;;;+1;-1/t10-;8-;;;;;/m00...../s1. The summed E-state index contributed by atoms with van der Waals surface area (Å²) in [6, 6.07) is 20.6. The quantitative estimate of drug-likeness (QED) is 0.166. The van der Waals surface area contributed by atoms with E-state index in [-0.39, 0.29) is 67.9 Å². The van der Waals surface area contributed by atoms with Crippen molar-refractivity contribution in [3.63, 3.8) is 0 Å². The first-order chi connectivity index (χ1) is 18.4. The molecule has 0 aromatic heterocycles. The minimum Gasteiger partial charge on any atom is -1.00 e. The fourth-order valence-corrected chi connectivity index (χ4v) is 3.66. The van der Waals surface area contributed by atoms with Gasteiger partial charge in [-0.1, -0.05) is 75.0 Å². The number of ether oxygens (including phenoxy) is 2. The third kappa shape index (κ3) is 30.4. The van der Waals surface area contributed by atoms with E-state index in [0.717, 1.165) is 45.8 Å². The van der Waals surface area contributed by atoms with Gasteiger partial charge in [-0.15, -0.1) is 0 Å². The molecule has 226 valence electrons. The summed E-state index contributed by atoms with van der Waals surface area (Å²) in [6.45, 7) is 18.1. The van der Waals surface area contributed by atoms with Crippen LogP contribution in [0.15, 0.2) is 60.7 Å². The summed E-state index contributed by atoms with van der Waals surface area (Å²) in [4.78, 5) is 0. The van der Waals surface area contributed by atoms with E-state index >= 15 is 0 Å². The van der Waals surface area contributed by atoms with Crippen LogP contribution >= 0.6 is 17.4 Å². The molecule has 0 unspecified atom stereocenters. The molecule has 2 atom stereocenters. The summed E-state index contributed by atoms with van der Waals surface area (Å²) in [5.41, 5.74) is 5.15. The second kappa shape index (κ2) is 36.4. The van der Waals surface area contributed by atoms with E-state index in [9.17, 15) is 9.13 Å². The van der Waals surface area contributed by atoms with Crippen LogP contribution in [-0.4, -0.2) is 50.1 Å². The van der Waals surface area contributed by atoms with E-state index in [0.29, 0.717) is 0 Å². The van der Waals surface area contributed by atoms with Crippen LogP contribution in [0.3, 0.4) is 0 Å². The van der Waals surface area contributed by atoms with Gasteiger partial charge in [0.05, 0.1) is 0 Å². The molecular weight excluding hydrogens is 557 g/mol. The molecular formula is C29H53N2NaO6P2. The Morgan fingerprint density at radius 1 is 0.750 bits per heavy atom. The van der Waals surface area contributed by atoms with Crippen LogP contribution in [0.1, 0.15) is 68.4 Å². The molecule has 0 saturated carbocycles. The second-order valence-corrected chi connectivity index (χ2v) is 8.51. The van der Waals surface area contributed by atoms with Gasteiger partial charge in [-0.25, -0.2) is 18.4 Å². The predicted molar refractivity (Wildman–Crippen MR) is 164 cm³/mol. The smallest absolute Gasteiger partial charge is 1.00 e. The molecule has 40 heavy (non-hydrogen) atoms. The average Bonchev–Trinajstić information content (AvgIpc) is 2.93. The maximum atomic E-state index is 10.4. The van der Waals surface area contributed by atoms with Crippen LogP contribution in [0.4, 0.5) is 0 Å². The zero-order valence-corrected chi connectivity index (χ0v) is 29.0. The SMILES string of the molecule is C.CCN(OP=O)[C@@H](C)Cc1ccccc1.CCOCC.CCOCC.C[C@@H](Cc1ccccc1)NOP=O.[H-].[Na+]. The first-order valence-electron chi connectivity index (χ1n) is 13.2. The first kappa shape index (κ1) is 46.4. The molecule has 0 heterocycles. The molecule has 0 bridgehead atoms. The van der Waals surface area contributed by atoms with Gasteiger partial charge >= 0.3 is 46.9 Å². The molecule has 2 aromatic rings. The average molecular weight is 611 g/mol. The Bertz CT molecular complexity index is 763. The summed E-state index contributed by atoms with van der Waals surface area (Å²) in [7, 11) is -0.623. The number of hydrogen-bond donors (Lipinski definition) is 1. The summed E-state index contributed by atoms with van der Waals surface area (Å²) >= 11 is 0. The summed E-state index contributed by atoms with van der Waals surface area (Å²) in [6.07, 6.45) is 1.75. The van der Waals surface area contributed by atoms with Gasteiger partial charge in [0.15, 0.2) is 0 Å². The van der Waals surface area contributed by atoms with E-state index in [1.54, 1.807) is 5.06 Å². The molecule has 0 aliphatic heterocycles. The zero-order chi connectivity index (χ0) is 28.9. The number of hydrogen-bond acceptors (Lipinski definition) is 8. The van der Waals surface area contributed by atoms with Crippen molar-refractivity contribution in [3.8, 4) is 0 Å². The predicted octanol–water partition coefficient (Wildman–Crippen LogP) is 5.26. The molecule has 2 aromatic carbocycles. The van der Waals surface area contributed by atoms with E-state index < -0.39 is 0 Å². The van der Waals surface area contributed by atoms with Gasteiger partial charge in [-0.3, -0.25) is 0 Å². The number of likely N-dealkylation sites (N-methyl/N-ethyl adjacent to an activating group) is 1. The maximum absolute atomic E-state index is 10.4. The molecule has 0 radical (unpaired) electrons. The van der Waals surface area contributed by atoms with Crippen molar-refractivity contribution in [2.75, 3.05) is 33.0 Å². The minimum atomic E-state index is -0.335. The number of hydroxylamine groups is 3. The van der Waals surface area contributed by atoms with Crippen molar-refractivity contribution in [2.24, 2.45) is 0 Å². The van der Waals surface area contributed by atoms with Crippen molar-refractivity contribution in [2.45, 2.75) is 80.8 Å². The molecule has 11 heteroatoms. The molecule has 2 rings (SSSR count). The van der Waals surface area contributed by atoms with E-state index in [4.69, 9.17) is 14.1 Å². The van der Waals surface area contributed by atoms with Gasteiger partial charge in [-0.05, 0) is 65.5 Å². The Hall–Kier alpha value is -0.600. The number of nitrogens with zero attached hydrogens (tertiary/aromatic N) is 1. The van der Waals surface area contributed by atoms with Crippen LogP contribution in [-0.2, 0) is 40.7 Å². The van der Waals surface area contributed by atoms with Crippen LogP contribution in [0.25, 0.3) is 0 Å². The van der Waals surface area contributed by atoms with Crippen molar-refractivity contribution in [1.29, 1.82) is 0 Å². The molecule has 0 fully saturated rings. The molecule has 0 saturated heterocycles. The number of nitrogens with one attached hydrogen (secondary N) is 1. The van der Waals surface area contributed by atoms with Crippen molar-refractivity contribution < 1.29 is 58.8 Å². The zero-order valence-electron chi connectivity index (χ0n) is 26.2. The normalized spacial score (nSPS) is 11.3. The molecule has 0 aliphatic carbocycles. The third-order valence-corrected chi connectivity index (χ3v) is 5.26. The summed E-state index contributed by atoms with van der Waals surface area (Å²) in [5.74, 6) is 0. The van der Waals surface area contributed by atoms with Gasteiger partial charge in [0.2, 0.25) is 0 Å². The van der Waals surface area contributed by atoms with Crippen molar-refractivity contribution >= 4 is 17.4 Å². The summed E-state index contributed by atoms with van der Waals surface area (Å²) in [5, 5.41) is 1.72. The third-order valence-electron chi connectivity index (χ3n) is 4.81. The molecule has 1 N–H and O–H groups in total. The summed E-state index contributed by atoms with van der Waals surface area (Å²) < 4.78 is 39.5. The molecule has 0 aliphatic rings. The Morgan fingerprint density at radius 2 is 1.18 bits per heavy atom. The molecule has 8 nitrogen and oxygen atoms in total. The Balaban J connectivity index is -0.000000152. The topological polar surface area (TPSA) is 86.3 Å². The van der Waals surface area contributed by atoms with Crippen LogP contribution < -0.4 is 35.0 Å². The Labute approximate surface area is 271 Å². The van der Waals surface area contributed by atoms with Gasteiger partial charge in [0.25, 0.3) is 0 Å². The van der Waals surface area contributed by atoms with Crippen LogP contribution in [0.2, 0.25) is 0 Å². The van der Waals surface area contributed by atoms with E-state index in [2.05, 4.69) is 29.2 Å². The van der Waals surface area contributed by atoms with Gasteiger partial charge in [0, 0.05) is 45.1 Å². The fourth-order valence-electron chi connectivity index (χ4n) is 3.08. The second-order valence-electron chi connectivity index (χ2n) is 7.87. The number of benzene rings is 2. The van der Waals surface area contributed by atoms with Gasteiger partial charge < -0.3 is 10.9 Å². The molecule has 0 amide bonds. The number of rotatable bonds is 15. The monoisotopic (exact) mass is 610 g/mol.